The van der Waals surface area contributed by atoms with Gasteiger partial charge in [0.25, 0.3) is 0 Å². The molecule has 0 heterocycles. The lowest BCUT2D eigenvalue weighted by molar-refractivity contribution is -0.137. The van der Waals surface area contributed by atoms with Crippen molar-refractivity contribution in [3.8, 4) is 0 Å². The van der Waals surface area contributed by atoms with E-state index in [1.165, 1.54) is 122 Å². The van der Waals surface area contributed by atoms with E-state index >= 15 is 0 Å². The van der Waals surface area contributed by atoms with Gasteiger partial charge in [-0.15, -0.1) is 0 Å². The van der Waals surface area contributed by atoms with Crippen LogP contribution in [0.4, 0.5) is 0 Å². The molecule has 2 heteroatoms. The minimum absolute atomic E-state index is 0.344. The van der Waals surface area contributed by atoms with Crippen molar-refractivity contribution < 1.29 is 9.90 Å². The Morgan fingerprint density at radius 1 is 0.536 bits per heavy atom. The molecule has 0 rings (SSSR count). The third-order valence-electron chi connectivity index (χ3n) is 5.65. The standard InChI is InChI=1S/C26H50O2/c1-2-3-4-5-6-7-8-9-10-11-12-13-14-15-16-17-18-19-20-21-22-23-24-25-26(27)28/h5-6H,2-4,7-25H2,1H3,(H,27,28)/b6-5-. The molecule has 0 aromatic heterocycles. The van der Waals surface area contributed by atoms with Gasteiger partial charge in [0.15, 0.2) is 0 Å². The minimum Gasteiger partial charge on any atom is -0.481 e. The number of hydrogen-bond acceptors (Lipinski definition) is 1. The van der Waals surface area contributed by atoms with Crippen LogP contribution in [0.5, 0.6) is 0 Å². The highest BCUT2D eigenvalue weighted by Crippen LogP contribution is 2.14. The quantitative estimate of drug-likeness (QED) is 0.138. The van der Waals surface area contributed by atoms with E-state index in [9.17, 15) is 4.79 Å². The zero-order valence-electron chi connectivity index (χ0n) is 19.1. The molecular weight excluding hydrogens is 344 g/mol. The number of hydrogen-bond donors (Lipinski definition) is 1. The van der Waals surface area contributed by atoms with E-state index in [0.29, 0.717) is 6.42 Å². The summed E-state index contributed by atoms with van der Waals surface area (Å²) < 4.78 is 0. The van der Waals surface area contributed by atoms with Crippen molar-refractivity contribution in [1.82, 2.24) is 0 Å². The summed E-state index contributed by atoms with van der Waals surface area (Å²) in [5.74, 6) is -0.652. The number of carboxylic acid groups (broad SMARTS) is 1. The van der Waals surface area contributed by atoms with Crippen LogP contribution in [0.15, 0.2) is 12.2 Å². The third kappa shape index (κ3) is 25.2. The van der Waals surface area contributed by atoms with E-state index in [4.69, 9.17) is 5.11 Å². The molecule has 0 aliphatic rings. The van der Waals surface area contributed by atoms with Crippen molar-refractivity contribution in [3.05, 3.63) is 12.2 Å². The van der Waals surface area contributed by atoms with E-state index in [1.807, 2.05) is 0 Å². The van der Waals surface area contributed by atoms with Crippen LogP contribution in [-0.4, -0.2) is 11.1 Å². The summed E-state index contributed by atoms with van der Waals surface area (Å²) in [5.41, 5.74) is 0. The topological polar surface area (TPSA) is 37.3 Å². The van der Waals surface area contributed by atoms with Crippen LogP contribution in [0.1, 0.15) is 148 Å². The van der Waals surface area contributed by atoms with Gasteiger partial charge >= 0.3 is 5.97 Å². The highest BCUT2D eigenvalue weighted by molar-refractivity contribution is 5.66. The van der Waals surface area contributed by atoms with Crippen molar-refractivity contribution in [1.29, 1.82) is 0 Å². The smallest absolute Gasteiger partial charge is 0.303 e. The van der Waals surface area contributed by atoms with Crippen LogP contribution < -0.4 is 0 Å². The molecule has 166 valence electrons. The molecule has 0 bridgehead atoms. The van der Waals surface area contributed by atoms with Gasteiger partial charge in [-0.3, -0.25) is 4.79 Å². The van der Waals surface area contributed by atoms with Gasteiger partial charge in [-0.2, -0.15) is 0 Å². The second-order valence-electron chi connectivity index (χ2n) is 8.56. The molecule has 0 fully saturated rings. The number of carboxylic acids is 1. The van der Waals surface area contributed by atoms with Crippen molar-refractivity contribution in [2.24, 2.45) is 0 Å². The summed E-state index contributed by atoms with van der Waals surface area (Å²) in [7, 11) is 0. The lowest BCUT2D eigenvalue weighted by Gasteiger charge is -2.03. The largest absolute Gasteiger partial charge is 0.481 e. The maximum Gasteiger partial charge on any atom is 0.303 e. The minimum atomic E-state index is -0.652. The van der Waals surface area contributed by atoms with Gasteiger partial charge < -0.3 is 5.11 Å². The molecule has 0 unspecified atom stereocenters. The van der Waals surface area contributed by atoms with Crippen molar-refractivity contribution in [2.45, 2.75) is 148 Å². The van der Waals surface area contributed by atoms with Crippen molar-refractivity contribution >= 4 is 5.97 Å². The molecule has 0 aliphatic carbocycles. The number of carbonyl (C=O) groups is 1. The van der Waals surface area contributed by atoms with Gasteiger partial charge in [0.1, 0.15) is 0 Å². The molecule has 0 aliphatic heterocycles. The Bertz CT molecular complexity index is 335. The maximum absolute atomic E-state index is 10.4. The normalized spacial score (nSPS) is 11.5. The lowest BCUT2D eigenvalue weighted by atomic mass is 10.0. The Kier molecular flexibility index (Phi) is 23.6. The van der Waals surface area contributed by atoms with E-state index in [0.717, 1.165) is 12.8 Å². The van der Waals surface area contributed by atoms with Crippen molar-refractivity contribution in [3.63, 3.8) is 0 Å². The van der Waals surface area contributed by atoms with E-state index in [2.05, 4.69) is 19.1 Å². The third-order valence-corrected chi connectivity index (χ3v) is 5.65. The first-order valence-electron chi connectivity index (χ1n) is 12.6. The molecule has 0 atom stereocenters. The number of unbranched alkanes of at least 4 members (excludes halogenated alkanes) is 19. The van der Waals surface area contributed by atoms with Gasteiger partial charge in [-0.05, 0) is 25.7 Å². The Labute approximate surface area is 176 Å². The number of aliphatic carboxylic acids is 1. The zero-order chi connectivity index (χ0) is 20.5. The van der Waals surface area contributed by atoms with E-state index < -0.39 is 5.97 Å². The lowest BCUT2D eigenvalue weighted by Crippen LogP contribution is -1.93. The second kappa shape index (κ2) is 24.2. The maximum atomic E-state index is 10.4. The summed E-state index contributed by atoms with van der Waals surface area (Å²) in [6.45, 7) is 2.26. The summed E-state index contributed by atoms with van der Waals surface area (Å²) >= 11 is 0. The van der Waals surface area contributed by atoms with E-state index in [-0.39, 0.29) is 0 Å². The predicted octanol–water partition coefficient (Wildman–Crippen LogP) is 9.23. The first kappa shape index (κ1) is 27.2. The van der Waals surface area contributed by atoms with Gasteiger partial charge in [-0.25, -0.2) is 0 Å². The van der Waals surface area contributed by atoms with Gasteiger partial charge in [0.2, 0.25) is 0 Å². The summed E-state index contributed by atoms with van der Waals surface area (Å²) in [4.78, 5) is 10.4. The predicted molar refractivity (Wildman–Crippen MR) is 124 cm³/mol. The van der Waals surface area contributed by atoms with Crippen LogP contribution in [0.2, 0.25) is 0 Å². The molecule has 2 nitrogen and oxygen atoms in total. The Hall–Kier alpha value is -0.790. The van der Waals surface area contributed by atoms with Crippen molar-refractivity contribution in [2.75, 3.05) is 0 Å². The average Bonchev–Trinajstić information content (AvgIpc) is 2.68. The average molecular weight is 395 g/mol. The molecule has 0 aromatic carbocycles. The van der Waals surface area contributed by atoms with Crippen LogP contribution in [-0.2, 0) is 4.79 Å². The zero-order valence-corrected chi connectivity index (χ0v) is 19.1. The highest BCUT2D eigenvalue weighted by Gasteiger charge is 1.97. The molecule has 0 amide bonds. The molecule has 0 radical (unpaired) electrons. The number of rotatable bonds is 23. The fourth-order valence-electron chi connectivity index (χ4n) is 3.75. The monoisotopic (exact) mass is 394 g/mol. The summed E-state index contributed by atoms with van der Waals surface area (Å²) in [5, 5.41) is 8.58. The van der Waals surface area contributed by atoms with Gasteiger partial charge in [-0.1, -0.05) is 128 Å². The Balaban J connectivity index is 3.03. The Morgan fingerprint density at radius 2 is 0.857 bits per heavy atom. The fourth-order valence-corrected chi connectivity index (χ4v) is 3.75. The van der Waals surface area contributed by atoms with Crippen LogP contribution in [0, 0.1) is 0 Å². The van der Waals surface area contributed by atoms with Gasteiger partial charge in [0, 0.05) is 6.42 Å². The summed E-state index contributed by atoms with van der Waals surface area (Å²) in [6, 6.07) is 0. The molecule has 0 saturated heterocycles. The van der Waals surface area contributed by atoms with E-state index in [1.54, 1.807) is 0 Å². The summed E-state index contributed by atoms with van der Waals surface area (Å²) in [6.07, 6.45) is 33.1. The molecule has 0 spiro atoms. The first-order chi connectivity index (χ1) is 13.8. The Morgan fingerprint density at radius 3 is 1.21 bits per heavy atom. The van der Waals surface area contributed by atoms with Crippen LogP contribution in [0.3, 0.4) is 0 Å². The first-order valence-corrected chi connectivity index (χ1v) is 12.6. The van der Waals surface area contributed by atoms with Gasteiger partial charge in [0.05, 0.1) is 0 Å². The molecule has 1 N–H and O–H groups in total. The van der Waals surface area contributed by atoms with Crippen LogP contribution >= 0.6 is 0 Å². The molecule has 0 aromatic rings. The van der Waals surface area contributed by atoms with Crippen LogP contribution in [0.25, 0.3) is 0 Å². The SMILES string of the molecule is CCCC/C=C\CCCCCCCCCCCCCCCCCCCC(=O)O. The molecule has 0 saturated carbocycles. The fraction of sp³-hybridized carbons (Fsp3) is 0.885. The number of allylic oxidation sites excluding steroid dienone is 2. The second-order valence-corrected chi connectivity index (χ2v) is 8.56. The highest BCUT2D eigenvalue weighted by atomic mass is 16.4. The molecular formula is C26H50O2. The molecule has 28 heavy (non-hydrogen) atoms.